The highest BCUT2D eigenvalue weighted by Crippen LogP contribution is 2.33. The van der Waals surface area contributed by atoms with Crippen molar-refractivity contribution in [1.82, 2.24) is 10.3 Å². The minimum atomic E-state index is 0.507. The molecule has 4 heteroatoms. The quantitative estimate of drug-likeness (QED) is 0.841. The standard InChI is InChI=1S/C15H22N2O2/c1-10(2)16-6-5-11-9-17-13-7-12(18-3)8-14(19-4)15(11)13/h7-10,16-17H,5-6H2,1-4H3. The van der Waals surface area contributed by atoms with Gasteiger partial charge in [-0.3, -0.25) is 0 Å². The van der Waals surface area contributed by atoms with Gasteiger partial charge in [0.25, 0.3) is 0 Å². The van der Waals surface area contributed by atoms with Crippen molar-refractivity contribution in [2.45, 2.75) is 26.3 Å². The molecular formula is C15H22N2O2. The van der Waals surface area contributed by atoms with Gasteiger partial charge in [0.15, 0.2) is 0 Å². The second-order valence-corrected chi connectivity index (χ2v) is 4.92. The van der Waals surface area contributed by atoms with E-state index in [1.807, 2.05) is 12.1 Å². The zero-order chi connectivity index (χ0) is 13.8. The first-order chi connectivity index (χ1) is 9.15. The average molecular weight is 262 g/mol. The summed E-state index contributed by atoms with van der Waals surface area (Å²) in [7, 11) is 3.36. The van der Waals surface area contributed by atoms with Gasteiger partial charge in [-0.15, -0.1) is 0 Å². The fraction of sp³-hybridized carbons (Fsp3) is 0.467. The zero-order valence-electron chi connectivity index (χ0n) is 12.0. The minimum Gasteiger partial charge on any atom is -0.497 e. The number of hydrogen-bond acceptors (Lipinski definition) is 3. The molecule has 0 fully saturated rings. The van der Waals surface area contributed by atoms with Crippen molar-refractivity contribution in [2.24, 2.45) is 0 Å². The Morgan fingerprint density at radius 2 is 2.00 bits per heavy atom. The maximum absolute atomic E-state index is 5.48. The number of nitrogens with one attached hydrogen (secondary N) is 2. The topological polar surface area (TPSA) is 46.3 Å². The van der Waals surface area contributed by atoms with Crippen molar-refractivity contribution in [3.8, 4) is 11.5 Å². The van der Waals surface area contributed by atoms with E-state index in [1.54, 1.807) is 14.2 Å². The monoisotopic (exact) mass is 262 g/mol. The number of aromatic nitrogens is 1. The number of hydrogen-bond donors (Lipinski definition) is 2. The summed E-state index contributed by atoms with van der Waals surface area (Å²) in [6, 6.07) is 4.43. The molecule has 0 aliphatic carbocycles. The fourth-order valence-corrected chi connectivity index (χ4v) is 2.24. The van der Waals surface area contributed by atoms with Crippen molar-refractivity contribution in [3.63, 3.8) is 0 Å². The summed E-state index contributed by atoms with van der Waals surface area (Å²) in [5, 5.41) is 4.58. The zero-order valence-corrected chi connectivity index (χ0v) is 12.0. The van der Waals surface area contributed by atoms with E-state index in [2.05, 4.69) is 30.3 Å². The lowest BCUT2D eigenvalue weighted by Gasteiger charge is -2.09. The molecule has 0 amide bonds. The van der Waals surface area contributed by atoms with E-state index in [1.165, 1.54) is 5.56 Å². The molecule has 0 radical (unpaired) electrons. The molecule has 19 heavy (non-hydrogen) atoms. The van der Waals surface area contributed by atoms with Crippen LogP contribution in [0.5, 0.6) is 11.5 Å². The Balaban J connectivity index is 2.30. The summed E-state index contributed by atoms with van der Waals surface area (Å²) in [4.78, 5) is 3.29. The van der Waals surface area contributed by atoms with Gasteiger partial charge >= 0.3 is 0 Å². The maximum atomic E-state index is 5.48. The second kappa shape index (κ2) is 5.97. The number of benzene rings is 1. The minimum absolute atomic E-state index is 0.507. The molecule has 1 aromatic carbocycles. The van der Waals surface area contributed by atoms with Gasteiger partial charge in [-0.05, 0) is 18.5 Å². The van der Waals surface area contributed by atoms with E-state index in [9.17, 15) is 0 Å². The number of rotatable bonds is 6. The molecule has 1 heterocycles. The van der Waals surface area contributed by atoms with E-state index < -0.39 is 0 Å². The van der Waals surface area contributed by atoms with E-state index in [-0.39, 0.29) is 0 Å². The third-order valence-electron chi connectivity index (χ3n) is 3.20. The molecule has 4 nitrogen and oxygen atoms in total. The molecule has 2 N–H and O–H groups in total. The lowest BCUT2D eigenvalue weighted by Crippen LogP contribution is -2.24. The van der Waals surface area contributed by atoms with Crippen molar-refractivity contribution in [3.05, 3.63) is 23.9 Å². The number of methoxy groups -OCH3 is 2. The van der Waals surface area contributed by atoms with Gasteiger partial charge in [-0.2, -0.15) is 0 Å². The third kappa shape index (κ3) is 3.01. The predicted molar refractivity (Wildman–Crippen MR) is 78.2 cm³/mol. The molecular weight excluding hydrogens is 240 g/mol. The molecule has 1 aromatic heterocycles. The molecule has 0 bridgehead atoms. The normalized spacial score (nSPS) is 11.2. The van der Waals surface area contributed by atoms with Gasteiger partial charge in [0.05, 0.1) is 19.7 Å². The van der Waals surface area contributed by atoms with Gasteiger partial charge in [-0.25, -0.2) is 0 Å². The highest BCUT2D eigenvalue weighted by molar-refractivity contribution is 5.90. The lowest BCUT2D eigenvalue weighted by atomic mass is 10.1. The highest BCUT2D eigenvalue weighted by atomic mass is 16.5. The molecule has 104 valence electrons. The number of H-pyrrole nitrogens is 1. The maximum Gasteiger partial charge on any atom is 0.132 e. The van der Waals surface area contributed by atoms with Crippen LogP contribution in [0.3, 0.4) is 0 Å². The van der Waals surface area contributed by atoms with Crippen molar-refractivity contribution < 1.29 is 9.47 Å². The van der Waals surface area contributed by atoms with E-state index in [0.717, 1.165) is 35.4 Å². The van der Waals surface area contributed by atoms with Crippen LogP contribution >= 0.6 is 0 Å². The third-order valence-corrected chi connectivity index (χ3v) is 3.20. The largest absolute Gasteiger partial charge is 0.497 e. The first-order valence-electron chi connectivity index (χ1n) is 6.61. The Morgan fingerprint density at radius 1 is 1.21 bits per heavy atom. The van der Waals surface area contributed by atoms with Gasteiger partial charge < -0.3 is 19.8 Å². The van der Waals surface area contributed by atoms with Crippen LogP contribution in [0, 0.1) is 0 Å². The second-order valence-electron chi connectivity index (χ2n) is 4.92. The van der Waals surface area contributed by atoms with E-state index in [4.69, 9.17) is 9.47 Å². The first kappa shape index (κ1) is 13.7. The van der Waals surface area contributed by atoms with Gasteiger partial charge in [0.2, 0.25) is 0 Å². The Bertz CT molecular complexity index is 546. The van der Waals surface area contributed by atoms with Crippen molar-refractivity contribution in [2.75, 3.05) is 20.8 Å². The summed E-state index contributed by atoms with van der Waals surface area (Å²) in [6.45, 7) is 5.27. The van der Waals surface area contributed by atoms with Crippen LogP contribution in [-0.4, -0.2) is 31.8 Å². The van der Waals surface area contributed by atoms with E-state index >= 15 is 0 Å². The molecule has 0 atom stereocenters. The number of aromatic amines is 1. The highest BCUT2D eigenvalue weighted by Gasteiger charge is 2.11. The van der Waals surface area contributed by atoms with Crippen molar-refractivity contribution in [1.29, 1.82) is 0 Å². The van der Waals surface area contributed by atoms with Crippen LogP contribution in [-0.2, 0) is 6.42 Å². The number of fused-ring (bicyclic) bond motifs is 1. The summed E-state index contributed by atoms with van der Waals surface area (Å²) < 4.78 is 10.8. The summed E-state index contributed by atoms with van der Waals surface area (Å²) >= 11 is 0. The van der Waals surface area contributed by atoms with Crippen LogP contribution in [0.4, 0.5) is 0 Å². The summed E-state index contributed by atoms with van der Waals surface area (Å²) in [5.41, 5.74) is 2.32. The first-order valence-corrected chi connectivity index (χ1v) is 6.61. The Kier molecular flexibility index (Phi) is 4.32. The molecule has 0 aliphatic rings. The predicted octanol–water partition coefficient (Wildman–Crippen LogP) is 2.73. The van der Waals surface area contributed by atoms with E-state index in [0.29, 0.717) is 6.04 Å². The van der Waals surface area contributed by atoms with Crippen LogP contribution in [0.25, 0.3) is 10.9 Å². The lowest BCUT2D eigenvalue weighted by molar-refractivity contribution is 0.398. The molecule has 0 unspecified atom stereocenters. The Labute approximate surface area is 114 Å². The van der Waals surface area contributed by atoms with Crippen LogP contribution in [0.1, 0.15) is 19.4 Å². The van der Waals surface area contributed by atoms with Crippen LogP contribution in [0.15, 0.2) is 18.3 Å². The molecule has 2 aromatic rings. The smallest absolute Gasteiger partial charge is 0.132 e. The molecule has 0 saturated carbocycles. The Morgan fingerprint density at radius 3 is 2.63 bits per heavy atom. The summed E-state index contributed by atoms with van der Waals surface area (Å²) in [6.07, 6.45) is 3.02. The molecule has 0 aliphatic heterocycles. The molecule has 0 spiro atoms. The Hall–Kier alpha value is -1.68. The van der Waals surface area contributed by atoms with Gasteiger partial charge in [-0.1, -0.05) is 13.8 Å². The average Bonchev–Trinajstić information content (AvgIpc) is 2.80. The SMILES string of the molecule is COc1cc(OC)c2c(CCNC(C)C)c[nH]c2c1. The summed E-state index contributed by atoms with van der Waals surface area (Å²) in [5.74, 6) is 1.66. The fourth-order valence-electron chi connectivity index (χ4n) is 2.24. The number of ether oxygens (including phenoxy) is 2. The van der Waals surface area contributed by atoms with Crippen LogP contribution in [0.2, 0.25) is 0 Å². The molecule has 0 saturated heterocycles. The van der Waals surface area contributed by atoms with Gasteiger partial charge in [0.1, 0.15) is 11.5 Å². The molecule has 2 rings (SSSR count). The van der Waals surface area contributed by atoms with Crippen molar-refractivity contribution >= 4 is 10.9 Å². The van der Waals surface area contributed by atoms with Gasteiger partial charge in [0, 0.05) is 29.8 Å². The van der Waals surface area contributed by atoms with Crippen LogP contribution < -0.4 is 14.8 Å².